The SMILES string of the molecule is O=C(CC12CC3CC(CC(C3)C1)C2)N/N=C\c1ccc(O)c([N+](=O)[O-])c1. The number of carbonyl (C=O) groups is 1. The van der Waals surface area contributed by atoms with Crippen molar-refractivity contribution in [1.29, 1.82) is 0 Å². The van der Waals surface area contributed by atoms with Crippen molar-refractivity contribution in [2.45, 2.75) is 44.9 Å². The lowest BCUT2D eigenvalue weighted by molar-refractivity contribution is -0.385. The topological polar surface area (TPSA) is 105 Å². The first-order chi connectivity index (χ1) is 12.4. The van der Waals surface area contributed by atoms with Crippen molar-refractivity contribution >= 4 is 17.8 Å². The van der Waals surface area contributed by atoms with Gasteiger partial charge < -0.3 is 5.11 Å². The molecule has 2 N–H and O–H groups in total. The smallest absolute Gasteiger partial charge is 0.311 e. The van der Waals surface area contributed by atoms with Gasteiger partial charge in [0.25, 0.3) is 0 Å². The van der Waals surface area contributed by atoms with E-state index < -0.39 is 10.7 Å². The minimum absolute atomic E-state index is 0.0866. The Morgan fingerprint density at radius 2 is 1.88 bits per heavy atom. The Morgan fingerprint density at radius 3 is 2.46 bits per heavy atom. The predicted molar refractivity (Wildman–Crippen MR) is 95.7 cm³/mol. The van der Waals surface area contributed by atoms with E-state index in [0.29, 0.717) is 12.0 Å². The van der Waals surface area contributed by atoms with Crippen molar-refractivity contribution in [3.05, 3.63) is 33.9 Å². The van der Waals surface area contributed by atoms with Crippen LogP contribution < -0.4 is 5.43 Å². The van der Waals surface area contributed by atoms with Crippen molar-refractivity contribution < 1.29 is 14.8 Å². The number of aromatic hydroxyl groups is 1. The molecule has 4 bridgehead atoms. The highest BCUT2D eigenvalue weighted by Gasteiger charge is 2.51. The predicted octanol–water partition coefficient (Wildman–Crippen LogP) is 3.36. The summed E-state index contributed by atoms with van der Waals surface area (Å²) in [7, 11) is 0. The molecule has 0 aliphatic heterocycles. The lowest BCUT2D eigenvalue weighted by Crippen LogP contribution is -2.47. The number of nitrogens with zero attached hydrogens (tertiary/aromatic N) is 2. The van der Waals surface area contributed by atoms with Crippen LogP contribution in [0.2, 0.25) is 0 Å². The normalized spacial score (nSPS) is 32.1. The van der Waals surface area contributed by atoms with Crippen molar-refractivity contribution in [3.63, 3.8) is 0 Å². The van der Waals surface area contributed by atoms with Crippen LogP contribution in [0.4, 0.5) is 5.69 Å². The Balaban J connectivity index is 1.36. The number of amides is 1. The lowest BCUT2D eigenvalue weighted by atomic mass is 9.49. The molecule has 1 aromatic carbocycles. The molecule has 0 radical (unpaired) electrons. The summed E-state index contributed by atoms with van der Waals surface area (Å²) < 4.78 is 0. The van der Waals surface area contributed by atoms with Crippen LogP contribution in [-0.2, 0) is 4.79 Å². The second kappa shape index (κ2) is 6.37. The van der Waals surface area contributed by atoms with E-state index in [1.807, 2.05) is 0 Å². The van der Waals surface area contributed by atoms with E-state index >= 15 is 0 Å². The zero-order chi connectivity index (χ0) is 18.3. The maximum atomic E-state index is 12.4. The average Bonchev–Trinajstić information content (AvgIpc) is 2.54. The molecule has 0 heterocycles. The molecule has 0 aromatic heterocycles. The monoisotopic (exact) mass is 357 g/mol. The molecule has 7 heteroatoms. The van der Waals surface area contributed by atoms with Crippen molar-refractivity contribution in [3.8, 4) is 5.75 Å². The number of phenols is 1. The number of benzene rings is 1. The molecule has 138 valence electrons. The molecule has 0 unspecified atom stereocenters. The fraction of sp³-hybridized carbons (Fsp3) is 0.579. The zero-order valence-corrected chi connectivity index (χ0v) is 14.6. The minimum atomic E-state index is -0.654. The van der Waals surface area contributed by atoms with Crippen LogP contribution in [-0.4, -0.2) is 22.2 Å². The van der Waals surface area contributed by atoms with Gasteiger partial charge in [-0.2, -0.15) is 5.10 Å². The van der Waals surface area contributed by atoms with Gasteiger partial charge in [0.2, 0.25) is 5.91 Å². The van der Waals surface area contributed by atoms with Crippen molar-refractivity contribution in [2.24, 2.45) is 28.3 Å². The zero-order valence-electron chi connectivity index (χ0n) is 14.6. The molecule has 0 spiro atoms. The number of hydrazone groups is 1. The molecule has 1 amide bonds. The van der Waals surface area contributed by atoms with Crippen LogP contribution in [0.25, 0.3) is 0 Å². The molecule has 26 heavy (non-hydrogen) atoms. The molecule has 4 fully saturated rings. The van der Waals surface area contributed by atoms with E-state index in [-0.39, 0.29) is 17.0 Å². The van der Waals surface area contributed by atoms with Crippen LogP contribution in [0.15, 0.2) is 23.3 Å². The number of nitrogens with one attached hydrogen (secondary N) is 1. The first-order valence-corrected chi connectivity index (χ1v) is 9.22. The fourth-order valence-corrected chi connectivity index (χ4v) is 5.83. The first kappa shape index (κ1) is 17.0. The van der Waals surface area contributed by atoms with Gasteiger partial charge in [0.15, 0.2) is 5.75 Å². The van der Waals surface area contributed by atoms with Gasteiger partial charge in [-0.25, -0.2) is 5.43 Å². The number of nitro groups is 1. The number of nitro benzene ring substituents is 1. The Morgan fingerprint density at radius 1 is 1.27 bits per heavy atom. The van der Waals surface area contributed by atoms with E-state index in [1.54, 1.807) is 0 Å². The Hall–Kier alpha value is -2.44. The molecular weight excluding hydrogens is 334 g/mol. The Kier molecular flexibility index (Phi) is 4.17. The van der Waals surface area contributed by atoms with Gasteiger partial charge in [-0.15, -0.1) is 0 Å². The van der Waals surface area contributed by atoms with E-state index in [1.165, 1.54) is 62.9 Å². The van der Waals surface area contributed by atoms with Crippen LogP contribution >= 0.6 is 0 Å². The minimum Gasteiger partial charge on any atom is -0.502 e. The third kappa shape index (κ3) is 3.30. The second-order valence-electron chi connectivity index (χ2n) is 8.39. The molecule has 4 saturated carbocycles. The molecule has 7 nitrogen and oxygen atoms in total. The van der Waals surface area contributed by atoms with E-state index in [0.717, 1.165) is 17.8 Å². The van der Waals surface area contributed by atoms with Gasteiger partial charge >= 0.3 is 5.69 Å². The molecular formula is C19H23N3O4. The molecule has 0 saturated heterocycles. The highest BCUT2D eigenvalue weighted by Crippen LogP contribution is 2.61. The molecule has 1 aromatic rings. The molecule has 5 rings (SSSR count). The molecule has 4 aliphatic rings. The maximum Gasteiger partial charge on any atom is 0.311 e. The summed E-state index contributed by atoms with van der Waals surface area (Å²) in [6, 6.07) is 3.98. The summed E-state index contributed by atoms with van der Waals surface area (Å²) in [4.78, 5) is 22.6. The highest BCUT2D eigenvalue weighted by atomic mass is 16.6. The number of carbonyl (C=O) groups excluding carboxylic acids is 1. The number of hydrogen-bond acceptors (Lipinski definition) is 5. The third-order valence-electron chi connectivity index (χ3n) is 6.30. The fourth-order valence-electron chi connectivity index (χ4n) is 5.83. The van der Waals surface area contributed by atoms with Gasteiger partial charge in [0.1, 0.15) is 0 Å². The highest BCUT2D eigenvalue weighted by molar-refractivity contribution is 5.83. The van der Waals surface area contributed by atoms with E-state index in [9.17, 15) is 20.0 Å². The Bertz CT molecular complexity index is 739. The van der Waals surface area contributed by atoms with Crippen LogP contribution in [0, 0.1) is 33.3 Å². The van der Waals surface area contributed by atoms with Gasteiger partial charge in [0, 0.05) is 18.1 Å². The van der Waals surface area contributed by atoms with E-state index in [4.69, 9.17) is 0 Å². The molecule has 4 aliphatic carbocycles. The Labute approximate surface area is 151 Å². The van der Waals surface area contributed by atoms with Gasteiger partial charge in [-0.3, -0.25) is 14.9 Å². The first-order valence-electron chi connectivity index (χ1n) is 9.22. The maximum absolute atomic E-state index is 12.4. The largest absolute Gasteiger partial charge is 0.502 e. The van der Waals surface area contributed by atoms with Crippen molar-refractivity contribution in [2.75, 3.05) is 0 Å². The van der Waals surface area contributed by atoms with Gasteiger partial charge in [0.05, 0.1) is 11.1 Å². The summed E-state index contributed by atoms with van der Waals surface area (Å²) in [5, 5.41) is 24.2. The summed E-state index contributed by atoms with van der Waals surface area (Å²) in [6.07, 6.45) is 9.42. The average molecular weight is 357 g/mol. The van der Waals surface area contributed by atoms with Gasteiger partial charge in [-0.1, -0.05) is 0 Å². The standard InChI is InChI=1S/C19H23N3O4/c23-17-2-1-12(6-16(17)22(25)26)11-20-21-18(24)10-19-7-13-3-14(8-19)5-15(4-13)9-19/h1-2,6,11,13-15,23H,3-5,7-10H2,(H,21,24)/b20-11-. The summed E-state index contributed by atoms with van der Waals surface area (Å²) in [5.41, 5.74) is 2.79. The quantitative estimate of drug-likeness (QED) is 0.479. The second-order valence-corrected chi connectivity index (χ2v) is 8.39. The van der Waals surface area contributed by atoms with E-state index in [2.05, 4.69) is 10.5 Å². The van der Waals surface area contributed by atoms with Crippen molar-refractivity contribution in [1.82, 2.24) is 5.43 Å². The third-order valence-corrected chi connectivity index (χ3v) is 6.30. The lowest BCUT2D eigenvalue weighted by Gasteiger charge is -2.56. The number of hydrogen-bond donors (Lipinski definition) is 2. The summed E-state index contributed by atoms with van der Waals surface area (Å²) in [6.45, 7) is 0. The van der Waals surface area contributed by atoms with Crippen LogP contribution in [0.1, 0.15) is 50.5 Å². The summed E-state index contributed by atoms with van der Waals surface area (Å²) in [5.74, 6) is 1.93. The number of rotatable bonds is 5. The van der Waals surface area contributed by atoms with Gasteiger partial charge in [-0.05, 0) is 73.8 Å². The number of phenolic OH excluding ortho intramolecular Hbond substituents is 1. The van der Waals surface area contributed by atoms with Crippen LogP contribution in [0.5, 0.6) is 5.75 Å². The summed E-state index contributed by atoms with van der Waals surface area (Å²) >= 11 is 0. The molecule has 0 atom stereocenters. The van der Waals surface area contributed by atoms with Crippen LogP contribution in [0.3, 0.4) is 0 Å².